The summed E-state index contributed by atoms with van der Waals surface area (Å²) in [6, 6.07) is 18.9. The molecule has 0 aliphatic heterocycles. The zero-order chi connectivity index (χ0) is 31.1. The van der Waals surface area contributed by atoms with Gasteiger partial charge in [-0.1, -0.05) is 29.8 Å². The number of rotatable bonds is 10. The van der Waals surface area contributed by atoms with Crippen LogP contribution >= 0.6 is 0 Å². The van der Waals surface area contributed by atoms with Crippen molar-refractivity contribution in [3.63, 3.8) is 0 Å². The maximum absolute atomic E-state index is 12.9. The number of esters is 1. The molecule has 0 fully saturated rings. The molecule has 2 amide bonds. The summed E-state index contributed by atoms with van der Waals surface area (Å²) in [5.41, 5.74) is 1.67. The van der Waals surface area contributed by atoms with Crippen LogP contribution in [0, 0.1) is 6.92 Å². The Morgan fingerprint density at radius 2 is 1.36 bits per heavy atom. The van der Waals surface area contributed by atoms with Crippen molar-refractivity contribution in [2.24, 2.45) is 0 Å². The van der Waals surface area contributed by atoms with Gasteiger partial charge in [-0.3, -0.25) is 4.72 Å². The van der Waals surface area contributed by atoms with E-state index in [1.807, 2.05) is 52.0 Å². The van der Waals surface area contributed by atoms with Crippen molar-refractivity contribution in [2.45, 2.75) is 83.4 Å². The Balaban J connectivity index is 1.63. The summed E-state index contributed by atoms with van der Waals surface area (Å²) in [4.78, 5) is 25.9. The molecule has 0 bridgehead atoms. The van der Waals surface area contributed by atoms with Crippen molar-refractivity contribution < 1.29 is 27.5 Å². The van der Waals surface area contributed by atoms with Gasteiger partial charge in [0, 0.05) is 11.4 Å². The van der Waals surface area contributed by atoms with Crippen LogP contribution < -0.4 is 20.1 Å². The van der Waals surface area contributed by atoms with E-state index in [0.29, 0.717) is 24.2 Å². The first-order valence-corrected chi connectivity index (χ1v) is 15.3. The Hall–Kier alpha value is -4.05. The number of carbonyl (C=O) groups is 2. The molecule has 10 heteroatoms. The molecule has 0 aromatic heterocycles. The Morgan fingerprint density at radius 3 is 1.90 bits per heavy atom. The molecule has 3 aromatic carbocycles. The molecule has 0 heterocycles. The van der Waals surface area contributed by atoms with E-state index in [-0.39, 0.29) is 10.5 Å². The van der Waals surface area contributed by atoms with Gasteiger partial charge in [-0.25, -0.2) is 18.0 Å². The number of anilines is 2. The monoisotopic (exact) mass is 595 g/mol. The summed E-state index contributed by atoms with van der Waals surface area (Å²) in [6.45, 7) is 13.1. The molecule has 3 aromatic rings. The highest BCUT2D eigenvalue weighted by Crippen LogP contribution is 2.21. The number of hydrogen-bond donors (Lipinski definition) is 3. The van der Waals surface area contributed by atoms with Gasteiger partial charge in [-0.15, -0.1) is 0 Å². The van der Waals surface area contributed by atoms with Gasteiger partial charge < -0.3 is 20.1 Å². The lowest BCUT2D eigenvalue weighted by molar-refractivity contribution is -0.157. The van der Waals surface area contributed by atoms with E-state index in [1.165, 1.54) is 12.1 Å². The highest BCUT2D eigenvalue weighted by Gasteiger charge is 2.27. The highest BCUT2D eigenvalue weighted by atomic mass is 32.2. The predicted octanol–water partition coefficient (Wildman–Crippen LogP) is 6.44. The molecular weight excluding hydrogens is 554 g/mol. The minimum absolute atomic E-state index is 0.150. The van der Waals surface area contributed by atoms with E-state index < -0.39 is 33.7 Å². The van der Waals surface area contributed by atoms with Crippen LogP contribution in [0.5, 0.6) is 5.75 Å². The van der Waals surface area contributed by atoms with Crippen molar-refractivity contribution in [3.8, 4) is 5.75 Å². The van der Waals surface area contributed by atoms with E-state index in [2.05, 4.69) is 15.4 Å². The third-order valence-corrected chi connectivity index (χ3v) is 7.19. The topological polar surface area (TPSA) is 123 Å². The third-order valence-electron chi connectivity index (χ3n) is 5.79. The number of ether oxygens (including phenoxy) is 2. The van der Waals surface area contributed by atoms with Gasteiger partial charge in [-0.2, -0.15) is 0 Å². The summed E-state index contributed by atoms with van der Waals surface area (Å²) in [6.07, 6.45) is 0.845. The maximum Gasteiger partial charge on any atom is 0.329 e. The number of sulfonamides is 1. The Labute approximate surface area is 249 Å². The van der Waals surface area contributed by atoms with Gasteiger partial charge in [0.2, 0.25) is 0 Å². The van der Waals surface area contributed by atoms with Gasteiger partial charge in [0.1, 0.15) is 23.0 Å². The molecule has 42 heavy (non-hydrogen) atoms. The fraction of sp³-hybridized carbons (Fsp3) is 0.375. The SMILES string of the molecule is Cc1ccc(S(=O)(=O)Nc2ccc(NC(=O)N[C@@H](CCc3ccc(OC(C)(C)C)cc3)C(=O)OC(C)(C)C)cc2)cc1. The van der Waals surface area contributed by atoms with Crippen molar-refractivity contribution >= 4 is 33.4 Å². The molecular formula is C32H41N3O6S. The van der Waals surface area contributed by atoms with E-state index in [1.54, 1.807) is 57.2 Å². The summed E-state index contributed by atoms with van der Waals surface area (Å²) in [7, 11) is -3.75. The summed E-state index contributed by atoms with van der Waals surface area (Å²) >= 11 is 0. The van der Waals surface area contributed by atoms with Gasteiger partial charge in [0.05, 0.1) is 4.90 Å². The first-order chi connectivity index (χ1) is 19.5. The van der Waals surface area contributed by atoms with Crippen LogP contribution in [-0.2, 0) is 26.0 Å². The summed E-state index contributed by atoms with van der Waals surface area (Å²) < 4.78 is 39.3. The second-order valence-electron chi connectivity index (χ2n) is 12.1. The quantitative estimate of drug-likeness (QED) is 0.232. The summed E-state index contributed by atoms with van der Waals surface area (Å²) in [5, 5.41) is 5.41. The third kappa shape index (κ3) is 10.7. The lowest BCUT2D eigenvalue weighted by Crippen LogP contribution is -2.46. The number of urea groups is 1. The molecule has 0 saturated heterocycles. The Morgan fingerprint density at radius 1 is 0.786 bits per heavy atom. The number of nitrogens with one attached hydrogen (secondary N) is 3. The van der Waals surface area contributed by atoms with Crippen molar-refractivity contribution in [3.05, 3.63) is 83.9 Å². The van der Waals surface area contributed by atoms with E-state index in [9.17, 15) is 18.0 Å². The normalized spacial score (nSPS) is 12.6. The van der Waals surface area contributed by atoms with Crippen LogP contribution in [-0.4, -0.2) is 37.7 Å². The molecule has 0 unspecified atom stereocenters. The standard InChI is InChI=1S/C32H41N3O6S/c1-22-8-19-27(20-9-22)42(38,39)35-25-15-13-24(14-16-25)33-30(37)34-28(29(36)41-32(5,6)7)21-12-23-10-17-26(18-11-23)40-31(2,3)4/h8-11,13-20,28,35H,12,21H2,1-7H3,(H2,33,34,37)/t28-/m0/s1. The predicted molar refractivity (Wildman–Crippen MR) is 165 cm³/mol. The first kappa shape index (κ1) is 32.5. The van der Waals surface area contributed by atoms with E-state index >= 15 is 0 Å². The Bertz CT molecular complexity index is 1460. The Kier molecular flexibility index (Phi) is 10.3. The molecule has 0 aliphatic carbocycles. The average Bonchev–Trinajstić information content (AvgIpc) is 2.86. The maximum atomic E-state index is 12.9. The minimum Gasteiger partial charge on any atom is -0.488 e. The molecule has 3 rings (SSSR count). The summed E-state index contributed by atoms with van der Waals surface area (Å²) in [5.74, 6) is 0.215. The van der Waals surface area contributed by atoms with Gasteiger partial charge in [-0.05, 0) is 115 Å². The molecule has 0 spiro atoms. The highest BCUT2D eigenvalue weighted by molar-refractivity contribution is 7.92. The van der Waals surface area contributed by atoms with Crippen LogP contribution in [0.3, 0.4) is 0 Å². The van der Waals surface area contributed by atoms with Gasteiger partial charge >= 0.3 is 12.0 Å². The van der Waals surface area contributed by atoms with Crippen LogP contribution in [0.25, 0.3) is 0 Å². The van der Waals surface area contributed by atoms with Crippen molar-refractivity contribution in [1.29, 1.82) is 0 Å². The van der Waals surface area contributed by atoms with Gasteiger partial charge in [0.25, 0.3) is 10.0 Å². The molecule has 0 radical (unpaired) electrons. The van der Waals surface area contributed by atoms with E-state index in [0.717, 1.165) is 16.9 Å². The zero-order valence-corrected chi connectivity index (χ0v) is 26.1. The fourth-order valence-corrected chi connectivity index (χ4v) is 4.95. The lowest BCUT2D eigenvalue weighted by atomic mass is 10.0. The zero-order valence-electron chi connectivity index (χ0n) is 25.3. The first-order valence-electron chi connectivity index (χ1n) is 13.8. The van der Waals surface area contributed by atoms with Crippen molar-refractivity contribution in [2.75, 3.05) is 10.0 Å². The van der Waals surface area contributed by atoms with Crippen LogP contribution in [0.2, 0.25) is 0 Å². The van der Waals surface area contributed by atoms with Crippen LogP contribution in [0.15, 0.2) is 77.7 Å². The van der Waals surface area contributed by atoms with Gasteiger partial charge in [0.15, 0.2) is 0 Å². The number of hydrogen-bond acceptors (Lipinski definition) is 6. The number of carbonyl (C=O) groups excluding carboxylic acids is 2. The fourth-order valence-electron chi connectivity index (χ4n) is 3.89. The molecule has 0 aliphatic rings. The molecule has 9 nitrogen and oxygen atoms in total. The lowest BCUT2D eigenvalue weighted by Gasteiger charge is -2.25. The molecule has 226 valence electrons. The average molecular weight is 596 g/mol. The van der Waals surface area contributed by atoms with Crippen LogP contribution in [0.1, 0.15) is 59.1 Å². The molecule has 1 atom stereocenters. The largest absolute Gasteiger partial charge is 0.488 e. The molecule has 3 N–H and O–H groups in total. The minimum atomic E-state index is -3.75. The van der Waals surface area contributed by atoms with E-state index in [4.69, 9.17) is 9.47 Å². The van der Waals surface area contributed by atoms with Crippen LogP contribution in [0.4, 0.5) is 16.2 Å². The number of aryl methyl sites for hydroxylation is 2. The smallest absolute Gasteiger partial charge is 0.329 e. The van der Waals surface area contributed by atoms with Crippen molar-refractivity contribution in [1.82, 2.24) is 5.32 Å². The number of benzene rings is 3. The second kappa shape index (κ2) is 13.3. The number of amides is 2. The second-order valence-corrected chi connectivity index (χ2v) is 13.8. The molecule has 0 saturated carbocycles.